The maximum atomic E-state index is 13.6. The number of aromatic nitrogens is 4. The van der Waals surface area contributed by atoms with Crippen molar-refractivity contribution in [2.75, 3.05) is 13.1 Å². The van der Waals surface area contributed by atoms with Gasteiger partial charge in [0, 0.05) is 22.8 Å². The standard InChI is InChI=1S/C26H30FN5/c27-23-3-1-2-19(14-23)4-5-20(21-10-12-28-13-11-21)6-7-22-16-29-26-9-8-24(15-25(22)26)32-17-30-31-18-32/h1-3,8-9,14-18,20-21,28-29H,4-7,10-13H2. The number of aryl methyl sites for hydroxylation is 2. The number of piperidine rings is 1. The second-order valence-corrected chi connectivity index (χ2v) is 8.97. The lowest BCUT2D eigenvalue weighted by atomic mass is 9.78. The molecule has 0 amide bonds. The first-order valence-corrected chi connectivity index (χ1v) is 11.7. The Morgan fingerprint density at radius 1 is 1.00 bits per heavy atom. The number of hydrogen-bond donors (Lipinski definition) is 2. The molecular formula is C26H30FN5. The lowest BCUT2D eigenvalue weighted by Gasteiger charge is -2.31. The molecular weight excluding hydrogens is 401 g/mol. The topological polar surface area (TPSA) is 58.5 Å². The molecule has 0 bridgehead atoms. The van der Waals surface area contributed by atoms with E-state index >= 15 is 0 Å². The van der Waals surface area contributed by atoms with Gasteiger partial charge >= 0.3 is 0 Å². The molecule has 0 spiro atoms. The van der Waals surface area contributed by atoms with Crippen molar-refractivity contribution >= 4 is 10.9 Å². The zero-order valence-corrected chi connectivity index (χ0v) is 18.3. The summed E-state index contributed by atoms with van der Waals surface area (Å²) in [7, 11) is 0. The van der Waals surface area contributed by atoms with E-state index in [-0.39, 0.29) is 5.82 Å². The zero-order valence-electron chi connectivity index (χ0n) is 18.3. The van der Waals surface area contributed by atoms with Gasteiger partial charge in [-0.25, -0.2) is 4.39 Å². The number of halogens is 1. The summed E-state index contributed by atoms with van der Waals surface area (Å²) in [5, 5.41) is 12.6. The fourth-order valence-corrected chi connectivity index (χ4v) is 5.18. The lowest BCUT2D eigenvalue weighted by molar-refractivity contribution is 0.234. The van der Waals surface area contributed by atoms with Crippen molar-refractivity contribution in [1.82, 2.24) is 25.1 Å². The predicted molar refractivity (Wildman–Crippen MR) is 125 cm³/mol. The van der Waals surface area contributed by atoms with E-state index in [0.717, 1.165) is 61.5 Å². The number of nitrogens with one attached hydrogen (secondary N) is 2. The quantitative estimate of drug-likeness (QED) is 0.410. The van der Waals surface area contributed by atoms with Crippen LogP contribution in [0.5, 0.6) is 0 Å². The van der Waals surface area contributed by atoms with Gasteiger partial charge in [0.05, 0.1) is 0 Å². The van der Waals surface area contributed by atoms with E-state index in [9.17, 15) is 4.39 Å². The van der Waals surface area contributed by atoms with Crippen LogP contribution in [0.3, 0.4) is 0 Å². The van der Waals surface area contributed by atoms with E-state index in [4.69, 9.17) is 0 Å². The highest BCUT2D eigenvalue weighted by atomic mass is 19.1. The minimum Gasteiger partial charge on any atom is -0.361 e. The second kappa shape index (κ2) is 9.65. The van der Waals surface area contributed by atoms with Crippen molar-refractivity contribution < 1.29 is 4.39 Å². The summed E-state index contributed by atoms with van der Waals surface area (Å²) in [6, 6.07) is 13.5. The number of rotatable bonds is 8. The molecule has 1 atom stereocenters. The molecule has 32 heavy (non-hydrogen) atoms. The van der Waals surface area contributed by atoms with Gasteiger partial charge in [0.2, 0.25) is 0 Å². The number of H-pyrrole nitrogens is 1. The van der Waals surface area contributed by atoms with E-state index in [1.807, 2.05) is 10.6 Å². The van der Waals surface area contributed by atoms with Crippen LogP contribution in [0.1, 0.15) is 36.8 Å². The minimum atomic E-state index is -0.136. The number of fused-ring (bicyclic) bond motifs is 1. The summed E-state index contributed by atoms with van der Waals surface area (Å²) < 4.78 is 15.6. The smallest absolute Gasteiger partial charge is 0.123 e. The molecule has 1 fully saturated rings. The van der Waals surface area contributed by atoms with Crippen molar-refractivity contribution in [3.05, 3.63) is 78.3 Å². The fourth-order valence-electron chi connectivity index (χ4n) is 5.18. The number of nitrogens with zero attached hydrogens (tertiary/aromatic N) is 3. The summed E-state index contributed by atoms with van der Waals surface area (Å²) >= 11 is 0. The first-order chi connectivity index (χ1) is 15.8. The second-order valence-electron chi connectivity index (χ2n) is 8.97. The molecule has 0 radical (unpaired) electrons. The average Bonchev–Trinajstić information content (AvgIpc) is 3.50. The molecule has 5 nitrogen and oxygen atoms in total. The molecule has 166 valence electrons. The van der Waals surface area contributed by atoms with Crippen LogP contribution in [-0.4, -0.2) is 32.8 Å². The van der Waals surface area contributed by atoms with Crippen LogP contribution in [0.4, 0.5) is 4.39 Å². The van der Waals surface area contributed by atoms with Crippen molar-refractivity contribution in [1.29, 1.82) is 0 Å². The molecule has 6 heteroatoms. The number of hydrogen-bond acceptors (Lipinski definition) is 3. The molecule has 4 aromatic rings. The van der Waals surface area contributed by atoms with Crippen molar-refractivity contribution in [3.8, 4) is 5.69 Å². The Balaban J connectivity index is 1.32. The maximum absolute atomic E-state index is 13.6. The first kappa shape index (κ1) is 20.9. The minimum absolute atomic E-state index is 0.136. The molecule has 0 aliphatic carbocycles. The highest BCUT2D eigenvalue weighted by molar-refractivity contribution is 5.85. The van der Waals surface area contributed by atoms with Crippen molar-refractivity contribution in [2.45, 2.75) is 38.5 Å². The Kier molecular flexibility index (Phi) is 6.30. The molecule has 5 rings (SSSR count). The van der Waals surface area contributed by atoms with Crippen LogP contribution in [0.25, 0.3) is 16.6 Å². The molecule has 1 saturated heterocycles. The fraction of sp³-hybridized carbons (Fsp3) is 0.385. The molecule has 3 heterocycles. The summed E-state index contributed by atoms with van der Waals surface area (Å²) in [6.45, 7) is 2.22. The molecule has 2 aromatic carbocycles. The van der Waals surface area contributed by atoms with Gasteiger partial charge in [-0.1, -0.05) is 12.1 Å². The highest BCUT2D eigenvalue weighted by Crippen LogP contribution is 2.32. The van der Waals surface area contributed by atoms with E-state index in [0.29, 0.717) is 5.92 Å². The van der Waals surface area contributed by atoms with Crippen LogP contribution in [0.15, 0.2) is 61.3 Å². The van der Waals surface area contributed by atoms with Gasteiger partial charge in [0.15, 0.2) is 0 Å². The van der Waals surface area contributed by atoms with E-state index < -0.39 is 0 Å². The van der Waals surface area contributed by atoms with Gasteiger partial charge in [-0.3, -0.25) is 4.57 Å². The maximum Gasteiger partial charge on any atom is 0.123 e. The van der Waals surface area contributed by atoms with Crippen LogP contribution >= 0.6 is 0 Å². The molecule has 1 unspecified atom stereocenters. The molecule has 1 aliphatic heterocycles. The van der Waals surface area contributed by atoms with Crippen LogP contribution < -0.4 is 5.32 Å². The van der Waals surface area contributed by atoms with Gasteiger partial charge < -0.3 is 10.3 Å². The lowest BCUT2D eigenvalue weighted by Crippen LogP contribution is -2.32. The first-order valence-electron chi connectivity index (χ1n) is 11.7. The Hall–Kier alpha value is -2.99. The third kappa shape index (κ3) is 4.75. The molecule has 0 saturated carbocycles. The van der Waals surface area contributed by atoms with Gasteiger partial charge in [-0.05, 0) is 105 Å². The highest BCUT2D eigenvalue weighted by Gasteiger charge is 2.23. The van der Waals surface area contributed by atoms with Gasteiger partial charge in [-0.15, -0.1) is 10.2 Å². The van der Waals surface area contributed by atoms with E-state index in [2.05, 4.69) is 51.0 Å². The Labute approximate surface area is 188 Å². The van der Waals surface area contributed by atoms with Gasteiger partial charge in [0.25, 0.3) is 0 Å². The van der Waals surface area contributed by atoms with Crippen LogP contribution in [0.2, 0.25) is 0 Å². The third-order valence-corrected chi connectivity index (χ3v) is 7.00. The Morgan fingerprint density at radius 3 is 2.62 bits per heavy atom. The van der Waals surface area contributed by atoms with E-state index in [1.54, 1.807) is 18.7 Å². The largest absolute Gasteiger partial charge is 0.361 e. The third-order valence-electron chi connectivity index (χ3n) is 7.00. The van der Waals surface area contributed by atoms with Crippen LogP contribution in [0, 0.1) is 17.7 Å². The molecule has 2 N–H and O–H groups in total. The Bertz CT molecular complexity index is 1140. The summed E-state index contributed by atoms with van der Waals surface area (Å²) in [5.41, 5.74) is 4.70. The molecule has 2 aromatic heterocycles. The van der Waals surface area contributed by atoms with Crippen molar-refractivity contribution in [2.24, 2.45) is 11.8 Å². The monoisotopic (exact) mass is 431 g/mol. The van der Waals surface area contributed by atoms with Gasteiger partial charge in [0.1, 0.15) is 18.5 Å². The molecule has 1 aliphatic rings. The van der Waals surface area contributed by atoms with Crippen LogP contribution in [-0.2, 0) is 12.8 Å². The summed E-state index contributed by atoms with van der Waals surface area (Å²) in [6.07, 6.45) is 12.3. The van der Waals surface area contributed by atoms with Crippen molar-refractivity contribution in [3.63, 3.8) is 0 Å². The normalized spacial score (nSPS) is 15.9. The summed E-state index contributed by atoms with van der Waals surface area (Å²) in [5.74, 6) is 1.25. The zero-order chi connectivity index (χ0) is 21.8. The average molecular weight is 432 g/mol. The van der Waals surface area contributed by atoms with Gasteiger partial charge in [-0.2, -0.15) is 0 Å². The SMILES string of the molecule is Fc1cccc(CCC(CCc2c[nH]c3ccc(-n4cnnc4)cc23)C2CCNCC2)c1. The number of benzene rings is 2. The number of aromatic amines is 1. The summed E-state index contributed by atoms with van der Waals surface area (Å²) in [4.78, 5) is 3.44. The Morgan fingerprint density at radius 2 is 1.81 bits per heavy atom. The predicted octanol–water partition coefficient (Wildman–Crippen LogP) is 5.07. The van der Waals surface area contributed by atoms with E-state index in [1.165, 1.54) is 29.9 Å².